The van der Waals surface area contributed by atoms with E-state index in [9.17, 15) is 18.8 Å². The molecular formula is C23H19FN2O4. The number of ketones is 1. The van der Waals surface area contributed by atoms with E-state index < -0.39 is 23.7 Å². The molecule has 0 saturated carbocycles. The topological polar surface area (TPSA) is 84.5 Å². The second-order valence-electron chi connectivity index (χ2n) is 6.41. The van der Waals surface area contributed by atoms with Gasteiger partial charge in [-0.05, 0) is 31.2 Å². The van der Waals surface area contributed by atoms with Gasteiger partial charge in [0.05, 0.1) is 0 Å². The summed E-state index contributed by atoms with van der Waals surface area (Å²) in [4.78, 5) is 36.7. The number of ether oxygens (including phenoxy) is 1. The number of hydrogen-bond donors (Lipinski definition) is 2. The highest BCUT2D eigenvalue weighted by atomic mass is 19.1. The van der Waals surface area contributed by atoms with Crippen LogP contribution in [0.4, 0.5) is 4.39 Å². The molecule has 7 heteroatoms. The third-order valence-electron chi connectivity index (χ3n) is 4.25. The van der Waals surface area contributed by atoms with Gasteiger partial charge in [0.15, 0.2) is 23.5 Å². The van der Waals surface area contributed by atoms with Crippen LogP contribution >= 0.6 is 0 Å². The summed E-state index contributed by atoms with van der Waals surface area (Å²) in [7, 11) is 0. The van der Waals surface area contributed by atoms with Crippen LogP contribution in [0.5, 0.6) is 5.75 Å². The lowest BCUT2D eigenvalue weighted by Gasteiger charge is -2.15. The van der Waals surface area contributed by atoms with Crippen LogP contribution in [0.25, 0.3) is 0 Å². The third-order valence-corrected chi connectivity index (χ3v) is 4.25. The van der Waals surface area contributed by atoms with Gasteiger partial charge in [-0.2, -0.15) is 0 Å². The van der Waals surface area contributed by atoms with Crippen LogP contribution in [-0.2, 0) is 4.79 Å². The van der Waals surface area contributed by atoms with Crippen LogP contribution in [0.3, 0.4) is 0 Å². The number of halogens is 1. The van der Waals surface area contributed by atoms with E-state index in [1.807, 2.05) is 6.07 Å². The number of nitrogens with one attached hydrogen (secondary N) is 2. The molecule has 2 amide bonds. The van der Waals surface area contributed by atoms with E-state index >= 15 is 0 Å². The molecule has 0 bridgehead atoms. The number of carbonyl (C=O) groups excluding carboxylic acids is 3. The normalized spacial score (nSPS) is 11.3. The second kappa shape index (κ2) is 9.47. The Morgan fingerprint density at radius 3 is 2.00 bits per heavy atom. The first kappa shape index (κ1) is 20.7. The van der Waals surface area contributed by atoms with E-state index in [4.69, 9.17) is 4.74 Å². The lowest BCUT2D eigenvalue weighted by atomic mass is 10.0. The zero-order valence-corrected chi connectivity index (χ0v) is 16.1. The Labute approximate surface area is 172 Å². The van der Waals surface area contributed by atoms with Crippen molar-refractivity contribution in [2.75, 3.05) is 0 Å². The predicted molar refractivity (Wildman–Crippen MR) is 108 cm³/mol. The van der Waals surface area contributed by atoms with Crippen LogP contribution in [0, 0.1) is 5.82 Å². The van der Waals surface area contributed by atoms with Gasteiger partial charge in [0.25, 0.3) is 11.8 Å². The van der Waals surface area contributed by atoms with Crippen molar-refractivity contribution < 1.29 is 23.5 Å². The van der Waals surface area contributed by atoms with Gasteiger partial charge in [0, 0.05) is 16.7 Å². The lowest BCUT2D eigenvalue weighted by Crippen LogP contribution is -2.47. The van der Waals surface area contributed by atoms with Crippen LogP contribution in [0.1, 0.15) is 33.2 Å². The number of rotatable bonds is 6. The van der Waals surface area contributed by atoms with Gasteiger partial charge in [-0.3, -0.25) is 25.2 Å². The van der Waals surface area contributed by atoms with Crippen molar-refractivity contribution in [3.8, 4) is 5.75 Å². The minimum Gasteiger partial charge on any atom is -0.478 e. The number of hydrazine groups is 1. The first-order valence-corrected chi connectivity index (χ1v) is 9.17. The summed E-state index contributed by atoms with van der Waals surface area (Å²) in [5.74, 6) is -2.03. The van der Waals surface area contributed by atoms with Crippen molar-refractivity contribution in [2.45, 2.75) is 13.0 Å². The van der Waals surface area contributed by atoms with Gasteiger partial charge in [0.1, 0.15) is 0 Å². The molecule has 3 aromatic rings. The Balaban J connectivity index is 1.55. The largest absolute Gasteiger partial charge is 0.478 e. The fourth-order valence-electron chi connectivity index (χ4n) is 2.61. The summed E-state index contributed by atoms with van der Waals surface area (Å²) in [6.07, 6.45) is -1.03. The van der Waals surface area contributed by atoms with E-state index in [-0.39, 0.29) is 17.1 Å². The fraction of sp³-hybridized carbons (Fsp3) is 0.0870. The van der Waals surface area contributed by atoms with Crippen LogP contribution in [-0.4, -0.2) is 23.7 Å². The summed E-state index contributed by atoms with van der Waals surface area (Å²) < 4.78 is 18.8. The third kappa shape index (κ3) is 5.08. The van der Waals surface area contributed by atoms with E-state index in [2.05, 4.69) is 10.9 Å². The molecule has 0 aliphatic carbocycles. The summed E-state index contributed by atoms with van der Waals surface area (Å²) in [6, 6.07) is 20.5. The molecule has 1 atom stereocenters. The van der Waals surface area contributed by atoms with E-state index in [1.165, 1.54) is 49.4 Å². The smallest absolute Gasteiger partial charge is 0.279 e. The highest BCUT2D eigenvalue weighted by Gasteiger charge is 2.17. The minimum atomic E-state index is -1.03. The molecule has 2 N–H and O–H groups in total. The van der Waals surface area contributed by atoms with E-state index in [0.29, 0.717) is 11.1 Å². The Bertz CT molecular complexity index is 1050. The highest BCUT2D eigenvalue weighted by Crippen LogP contribution is 2.17. The second-order valence-corrected chi connectivity index (χ2v) is 6.41. The van der Waals surface area contributed by atoms with Gasteiger partial charge in [-0.1, -0.05) is 54.6 Å². The van der Waals surface area contributed by atoms with Crippen molar-refractivity contribution in [3.05, 3.63) is 101 Å². The van der Waals surface area contributed by atoms with Crippen molar-refractivity contribution in [1.82, 2.24) is 10.9 Å². The Morgan fingerprint density at radius 2 is 1.33 bits per heavy atom. The first-order valence-electron chi connectivity index (χ1n) is 9.17. The lowest BCUT2D eigenvalue weighted by molar-refractivity contribution is -0.128. The average Bonchev–Trinajstić information content (AvgIpc) is 2.79. The fourth-order valence-corrected chi connectivity index (χ4v) is 2.61. The van der Waals surface area contributed by atoms with Crippen LogP contribution < -0.4 is 15.6 Å². The molecule has 1 unspecified atom stereocenters. The molecule has 3 rings (SSSR count). The molecule has 0 aromatic heterocycles. The van der Waals surface area contributed by atoms with Crippen molar-refractivity contribution >= 4 is 17.6 Å². The molecule has 0 spiro atoms. The van der Waals surface area contributed by atoms with Crippen LogP contribution in [0.15, 0.2) is 78.9 Å². The molecule has 30 heavy (non-hydrogen) atoms. The van der Waals surface area contributed by atoms with E-state index in [1.54, 1.807) is 30.3 Å². The molecule has 6 nitrogen and oxygen atoms in total. The van der Waals surface area contributed by atoms with Gasteiger partial charge in [-0.15, -0.1) is 0 Å². The summed E-state index contributed by atoms with van der Waals surface area (Å²) >= 11 is 0. The van der Waals surface area contributed by atoms with Gasteiger partial charge in [0.2, 0.25) is 0 Å². The number of hydrogen-bond acceptors (Lipinski definition) is 4. The molecule has 0 fully saturated rings. The average molecular weight is 406 g/mol. The Hall–Kier alpha value is -4.00. The standard InChI is InChI=1S/C23H19FN2O4/c1-15(30-20-10-6-5-9-19(20)24)22(28)25-26-23(29)18-13-11-17(12-14-18)21(27)16-7-3-2-4-8-16/h2-15H,1H3,(H,25,28)(H,26,29). The number of amides is 2. The summed E-state index contributed by atoms with van der Waals surface area (Å²) in [6.45, 7) is 1.43. The Morgan fingerprint density at radius 1 is 0.767 bits per heavy atom. The molecule has 0 aliphatic rings. The number of benzene rings is 3. The molecule has 0 aliphatic heterocycles. The first-order chi connectivity index (χ1) is 14.5. The molecule has 0 radical (unpaired) electrons. The maximum Gasteiger partial charge on any atom is 0.279 e. The molecule has 0 heterocycles. The molecule has 0 saturated heterocycles. The highest BCUT2D eigenvalue weighted by molar-refractivity contribution is 6.09. The van der Waals surface area contributed by atoms with Gasteiger partial charge < -0.3 is 4.74 Å². The van der Waals surface area contributed by atoms with Crippen molar-refractivity contribution in [3.63, 3.8) is 0 Å². The SMILES string of the molecule is CC(Oc1ccccc1F)C(=O)NNC(=O)c1ccc(C(=O)c2ccccc2)cc1. The summed E-state index contributed by atoms with van der Waals surface area (Å²) in [5, 5.41) is 0. The molecular weight excluding hydrogens is 387 g/mol. The van der Waals surface area contributed by atoms with Crippen molar-refractivity contribution in [2.24, 2.45) is 0 Å². The maximum atomic E-state index is 13.6. The molecule has 152 valence electrons. The Kier molecular flexibility index (Phi) is 6.54. The summed E-state index contributed by atoms with van der Waals surface area (Å²) in [5.41, 5.74) is 5.73. The molecule has 3 aromatic carbocycles. The van der Waals surface area contributed by atoms with E-state index in [0.717, 1.165) is 0 Å². The van der Waals surface area contributed by atoms with Crippen LogP contribution in [0.2, 0.25) is 0 Å². The zero-order chi connectivity index (χ0) is 21.5. The number of carbonyl (C=O) groups is 3. The zero-order valence-electron chi connectivity index (χ0n) is 16.1. The van der Waals surface area contributed by atoms with Gasteiger partial charge >= 0.3 is 0 Å². The minimum absolute atomic E-state index is 0.0647. The van der Waals surface area contributed by atoms with Gasteiger partial charge in [-0.25, -0.2) is 4.39 Å². The maximum absolute atomic E-state index is 13.6. The number of para-hydroxylation sites is 1. The quantitative estimate of drug-likeness (QED) is 0.486. The van der Waals surface area contributed by atoms with Crippen molar-refractivity contribution in [1.29, 1.82) is 0 Å². The monoisotopic (exact) mass is 406 g/mol. The predicted octanol–water partition coefficient (Wildman–Crippen LogP) is 3.29.